The highest BCUT2D eigenvalue weighted by molar-refractivity contribution is 8.14. The summed E-state index contributed by atoms with van der Waals surface area (Å²) in [6.45, 7) is 0. The average Bonchev–Trinajstić information content (AvgIpc) is 3.55. The van der Waals surface area contributed by atoms with Crippen LogP contribution < -0.4 is 28.9 Å². The van der Waals surface area contributed by atoms with Gasteiger partial charge in [0.2, 0.25) is 11.5 Å². The molecule has 0 aliphatic carbocycles. The van der Waals surface area contributed by atoms with Crippen LogP contribution in [0.25, 0.3) is 11.8 Å². The summed E-state index contributed by atoms with van der Waals surface area (Å²) in [6.07, 6.45) is 1.60. The summed E-state index contributed by atoms with van der Waals surface area (Å²) in [6, 6.07) is 20.8. The van der Waals surface area contributed by atoms with Crippen molar-refractivity contribution < 1.29 is 38.1 Å². The van der Waals surface area contributed by atoms with Gasteiger partial charge in [0.25, 0.3) is 5.91 Å². The number of carbonyl (C=O) groups is 2. The number of ketones is 1. The van der Waals surface area contributed by atoms with Crippen molar-refractivity contribution in [3.63, 3.8) is 0 Å². The smallest absolute Gasteiger partial charge is 0.307 e. The predicted octanol–water partition coefficient (Wildman–Crippen LogP) is 3.41. The van der Waals surface area contributed by atoms with E-state index in [0.29, 0.717) is 34.2 Å². The van der Waals surface area contributed by atoms with E-state index < -0.39 is 11.7 Å². The van der Waals surface area contributed by atoms with E-state index in [9.17, 15) is 14.7 Å². The van der Waals surface area contributed by atoms with E-state index in [1.54, 1.807) is 79.9 Å². The molecule has 0 spiro atoms. The van der Waals surface area contributed by atoms with Gasteiger partial charge in [0.1, 0.15) is 22.9 Å². The van der Waals surface area contributed by atoms with Gasteiger partial charge in [-0.2, -0.15) is 0 Å². The second kappa shape index (κ2) is 12.0. The molecule has 208 valence electrons. The number of Topliss-reactive ketones (excluding diaryl/α,β-unsaturated/α-hetero) is 1. The Hall–Kier alpha value is -5.10. The summed E-state index contributed by atoms with van der Waals surface area (Å²) < 4.78 is 21.9. The molecule has 4 aromatic rings. The van der Waals surface area contributed by atoms with Crippen molar-refractivity contribution in [1.82, 2.24) is 5.27 Å². The number of aliphatic imine (C=N–C) groups is 1. The van der Waals surface area contributed by atoms with E-state index >= 15 is 0 Å². The molecule has 41 heavy (non-hydrogen) atoms. The van der Waals surface area contributed by atoms with Crippen molar-refractivity contribution in [2.24, 2.45) is 4.99 Å². The molecule has 0 N–H and O–H groups in total. The Morgan fingerprint density at radius 2 is 1.71 bits per heavy atom. The molecule has 0 saturated carbocycles. The van der Waals surface area contributed by atoms with Gasteiger partial charge in [-0.15, -0.1) is 0 Å². The number of amidine groups is 1. The van der Waals surface area contributed by atoms with E-state index in [-0.39, 0.29) is 28.2 Å². The topological polar surface area (TPSA) is 130 Å². The van der Waals surface area contributed by atoms with E-state index in [2.05, 4.69) is 10.3 Å². The molecule has 0 radical (unpaired) electrons. The number of methoxy groups -OCH3 is 3. The summed E-state index contributed by atoms with van der Waals surface area (Å²) >= 11 is 1.01. The Bertz CT molecular complexity index is 1650. The fourth-order valence-corrected chi connectivity index (χ4v) is 4.95. The molecule has 11 nitrogen and oxygen atoms in total. The standard InChI is InChI=1S/C29H24N4O7S/c1-37-21-11-9-20(10-12-21)33-26(28(36)40-31-33)24(34)17-41-29-30-23(27(35)32(29)19-7-5-4-6-8-19)16-18-15-22(38-2)13-14-25(18)39-3/h4-16H,17H2,1-3H3/b23-16+. The summed E-state index contributed by atoms with van der Waals surface area (Å²) in [5, 5.41) is 16.5. The first-order chi connectivity index (χ1) is 19.9. The molecule has 1 aliphatic rings. The Morgan fingerprint density at radius 1 is 1.00 bits per heavy atom. The second-order valence-corrected chi connectivity index (χ2v) is 9.48. The van der Waals surface area contributed by atoms with Crippen LogP contribution >= 0.6 is 11.8 Å². The number of ether oxygens (including phenoxy) is 3. The van der Waals surface area contributed by atoms with Gasteiger partial charge >= 0.3 is 5.69 Å². The number of aromatic nitrogens is 2. The largest absolute Gasteiger partial charge is 0.539 e. The van der Waals surface area contributed by atoms with Gasteiger partial charge < -0.3 is 23.8 Å². The van der Waals surface area contributed by atoms with Crippen LogP contribution in [0.5, 0.6) is 23.2 Å². The normalized spacial score (nSPS) is 13.8. The van der Waals surface area contributed by atoms with Gasteiger partial charge in [-0.25, -0.2) is 4.99 Å². The maximum Gasteiger partial charge on any atom is 0.307 e. The zero-order chi connectivity index (χ0) is 28.9. The molecule has 1 aliphatic heterocycles. The number of hydrogen-bond acceptors (Lipinski definition) is 10. The molecule has 0 unspecified atom stereocenters. The van der Waals surface area contributed by atoms with Crippen molar-refractivity contribution in [2.75, 3.05) is 32.0 Å². The van der Waals surface area contributed by atoms with Crippen LogP contribution in [0, 0.1) is 0 Å². The number of rotatable bonds is 9. The van der Waals surface area contributed by atoms with Crippen molar-refractivity contribution in [3.05, 3.63) is 89.8 Å². The zero-order valence-corrected chi connectivity index (χ0v) is 23.1. The second-order valence-electron chi connectivity index (χ2n) is 8.54. The highest BCUT2D eigenvalue weighted by Crippen LogP contribution is 2.32. The number of nitrogens with zero attached hydrogens (tertiary/aromatic N) is 4. The van der Waals surface area contributed by atoms with Gasteiger partial charge in [-0.05, 0) is 53.2 Å². The molecule has 5 rings (SSSR count). The number of para-hydroxylation sites is 1. The van der Waals surface area contributed by atoms with Crippen LogP contribution in [0.1, 0.15) is 16.1 Å². The first kappa shape index (κ1) is 27.5. The summed E-state index contributed by atoms with van der Waals surface area (Å²) in [7, 11) is 4.60. The summed E-state index contributed by atoms with van der Waals surface area (Å²) in [4.78, 5) is 32.8. The number of carbonyl (C=O) groups excluding carboxylic acids is 2. The Kier molecular flexibility index (Phi) is 8.01. The van der Waals surface area contributed by atoms with Crippen LogP contribution in [0.4, 0.5) is 5.69 Å². The molecule has 12 heteroatoms. The number of anilines is 1. The Balaban J connectivity index is 1.46. The van der Waals surface area contributed by atoms with Crippen molar-refractivity contribution in [1.29, 1.82) is 0 Å². The third kappa shape index (κ3) is 5.63. The van der Waals surface area contributed by atoms with E-state index in [4.69, 9.17) is 18.7 Å². The van der Waals surface area contributed by atoms with Crippen molar-refractivity contribution in [2.45, 2.75) is 0 Å². The van der Waals surface area contributed by atoms with E-state index in [1.807, 2.05) is 6.07 Å². The van der Waals surface area contributed by atoms with Gasteiger partial charge in [0, 0.05) is 17.7 Å². The lowest BCUT2D eigenvalue weighted by Crippen LogP contribution is -2.39. The molecule has 3 aromatic carbocycles. The quantitative estimate of drug-likeness (QED) is 0.168. The fraction of sp³-hybridized carbons (Fsp3) is 0.138. The first-order valence-electron chi connectivity index (χ1n) is 12.2. The minimum absolute atomic E-state index is 0.137. The minimum atomic E-state index is -0.874. The lowest BCUT2D eigenvalue weighted by molar-refractivity contribution is -0.672. The van der Waals surface area contributed by atoms with Crippen LogP contribution in [0.2, 0.25) is 0 Å². The van der Waals surface area contributed by atoms with Gasteiger partial charge in [-0.1, -0.05) is 30.0 Å². The van der Waals surface area contributed by atoms with Crippen LogP contribution in [0.3, 0.4) is 0 Å². The maximum atomic E-state index is 13.6. The maximum absolute atomic E-state index is 13.6. The Morgan fingerprint density at radius 3 is 2.39 bits per heavy atom. The highest BCUT2D eigenvalue weighted by atomic mass is 32.2. The van der Waals surface area contributed by atoms with Crippen LogP contribution in [-0.2, 0) is 4.79 Å². The number of benzene rings is 3. The number of thioether (sulfide) groups is 1. The van der Waals surface area contributed by atoms with Crippen molar-refractivity contribution >= 4 is 40.4 Å². The molecule has 0 bridgehead atoms. The lowest BCUT2D eigenvalue weighted by atomic mass is 10.1. The molecular formula is C29H24N4O7S. The monoisotopic (exact) mass is 572 g/mol. The molecule has 2 heterocycles. The average molecular weight is 573 g/mol. The SMILES string of the molecule is COc1ccc(-[n+]2noc([O-])c2C(=O)CSC2=N/C(=C/c3cc(OC)ccc3OC)C(=O)N2c2ccccc2)cc1. The Labute approximate surface area is 239 Å². The third-order valence-electron chi connectivity index (χ3n) is 6.10. The minimum Gasteiger partial charge on any atom is -0.539 e. The van der Waals surface area contributed by atoms with Crippen molar-refractivity contribution in [3.8, 4) is 28.9 Å². The van der Waals surface area contributed by atoms with Crippen LogP contribution in [-0.4, -0.2) is 49.2 Å². The molecule has 0 saturated heterocycles. The van der Waals surface area contributed by atoms with E-state index in [1.165, 1.54) is 19.1 Å². The third-order valence-corrected chi connectivity index (χ3v) is 7.04. The summed E-state index contributed by atoms with van der Waals surface area (Å²) in [5.74, 6) is -0.309. The lowest BCUT2D eigenvalue weighted by Gasteiger charge is -2.17. The van der Waals surface area contributed by atoms with Gasteiger partial charge in [0.05, 0.1) is 38.0 Å². The highest BCUT2D eigenvalue weighted by Gasteiger charge is 2.34. The molecule has 1 aromatic heterocycles. The zero-order valence-electron chi connectivity index (χ0n) is 22.3. The number of amides is 1. The molecule has 0 atom stereocenters. The van der Waals surface area contributed by atoms with Crippen LogP contribution in [0.15, 0.2) is 88.0 Å². The molecular weight excluding hydrogens is 548 g/mol. The fourth-order valence-electron chi connectivity index (χ4n) is 4.08. The predicted molar refractivity (Wildman–Crippen MR) is 150 cm³/mol. The number of hydrogen-bond donors (Lipinski definition) is 0. The van der Waals surface area contributed by atoms with Gasteiger partial charge in [-0.3, -0.25) is 14.5 Å². The first-order valence-corrected chi connectivity index (χ1v) is 13.2. The summed E-state index contributed by atoms with van der Waals surface area (Å²) in [5.41, 5.74) is 1.49. The molecule has 1 amide bonds. The van der Waals surface area contributed by atoms with Gasteiger partial charge in [0.15, 0.2) is 11.1 Å². The molecule has 0 fully saturated rings. The van der Waals surface area contributed by atoms with E-state index in [0.717, 1.165) is 16.4 Å².